The lowest BCUT2D eigenvalue weighted by Gasteiger charge is -2.47. The maximum Gasteiger partial charge on any atom is 0.319 e. The average molecular weight is 717 g/mol. The van der Waals surface area contributed by atoms with Crippen LogP contribution in [0.25, 0.3) is 0 Å². The largest absolute Gasteiger partial charge is 0.460 e. The number of carbonyl (C=O) groups excluding carboxylic acids is 2. The smallest absolute Gasteiger partial charge is 0.319 e. The number of benzene rings is 1. The maximum absolute atomic E-state index is 14.4. The molecule has 290 valence electrons. The van der Waals surface area contributed by atoms with Crippen molar-refractivity contribution in [3.63, 3.8) is 0 Å². The van der Waals surface area contributed by atoms with Crippen molar-refractivity contribution in [2.45, 2.75) is 116 Å². The molecule has 1 aromatic carbocycles. The lowest BCUT2D eigenvalue weighted by Crippen LogP contribution is -2.59. The number of nitrogens with zero attached hydrogens (tertiary/aromatic N) is 4. The lowest BCUT2D eigenvalue weighted by molar-refractivity contribution is -0.295. The second-order valence-electron chi connectivity index (χ2n) is 16.7. The topological polar surface area (TPSA) is 104 Å². The van der Waals surface area contributed by atoms with E-state index in [1.807, 2.05) is 39.8 Å². The van der Waals surface area contributed by atoms with E-state index < -0.39 is 47.5 Å². The van der Waals surface area contributed by atoms with Crippen LogP contribution in [0.15, 0.2) is 30.3 Å². The third-order valence-electron chi connectivity index (χ3n) is 11.8. The Morgan fingerprint density at radius 2 is 1.61 bits per heavy atom. The second kappa shape index (κ2) is 17.9. The van der Waals surface area contributed by atoms with E-state index in [1.54, 1.807) is 27.9 Å². The van der Waals surface area contributed by atoms with Crippen molar-refractivity contribution in [1.29, 1.82) is 0 Å². The molecule has 3 aliphatic rings. The first kappa shape index (κ1) is 41.8. The Kier molecular flexibility index (Phi) is 14.7. The van der Waals surface area contributed by atoms with Gasteiger partial charge in [-0.05, 0) is 86.5 Å². The highest BCUT2D eigenvalue weighted by Crippen LogP contribution is 2.38. The molecular weight excluding hydrogens is 648 g/mol. The average Bonchev–Trinajstić information content (AvgIpc) is 3.09. The summed E-state index contributed by atoms with van der Waals surface area (Å²) in [5, 5.41) is 11.4. The summed E-state index contributed by atoms with van der Waals surface area (Å²) in [6.45, 7) is 19.6. The highest BCUT2D eigenvalue weighted by molar-refractivity contribution is 6.04. The minimum absolute atomic E-state index is 0.0764. The normalized spacial score (nSPS) is 37.0. The molecule has 3 fully saturated rings. The Hall–Kier alpha value is -1.96. The molecule has 4 rings (SSSR count). The zero-order chi connectivity index (χ0) is 37.7. The Morgan fingerprint density at radius 3 is 2.22 bits per heavy atom. The van der Waals surface area contributed by atoms with Crippen LogP contribution >= 0.6 is 0 Å². The Balaban J connectivity index is 1.54. The number of aliphatic hydroxyl groups is 1. The van der Waals surface area contributed by atoms with Crippen LogP contribution < -0.4 is 0 Å². The van der Waals surface area contributed by atoms with Gasteiger partial charge in [0.15, 0.2) is 12.1 Å². The van der Waals surface area contributed by atoms with E-state index in [0.717, 1.165) is 52.2 Å². The summed E-state index contributed by atoms with van der Waals surface area (Å²) in [7, 11) is 7.62. The van der Waals surface area contributed by atoms with Gasteiger partial charge in [0.2, 0.25) is 0 Å². The first-order chi connectivity index (χ1) is 24.0. The molecule has 0 unspecified atom stereocenters. The van der Waals surface area contributed by atoms with E-state index in [9.17, 15) is 14.7 Å². The van der Waals surface area contributed by atoms with Crippen molar-refractivity contribution < 1.29 is 33.6 Å². The fourth-order valence-electron chi connectivity index (χ4n) is 8.53. The summed E-state index contributed by atoms with van der Waals surface area (Å²) in [6, 6.07) is 10.4. The number of hydrogen-bond acceptors (Lipinski definition) is 11. The van der Waals surface area contributed by atoms with Gasteiger partial charge in [-0.3, -0.25) is 19.4 Å². The van der Waals surface area contributed by atoms with Crippen LogP contribution in [0, 0.1) is 17.3 Å². The van der Waals surface area contributed by atoms with Crippen LogP contribution in [-0.4, -0.2) is 159 Å². The molecule has 3 heterocycles. The number of cyclic esters (lactones) is 1. The first-order valence-corrected chi connectivity index (χ1v) is 19.1. The third-order valence-corrected chi connectivity index (χ3v) is 11.8. The number of aliphatic hydroxyl groups excluding tert-OH is 1. The van der Waals surface area contributed by atoms with Gasteiger partial charge in [0.1, 0.15) is 17.6 Å². The molecule has 0 aromatic heterocycles. The predicted octanol–water partition coefficient (Wildman–Crippen LogP) is 3.57. The number of methoxy groups -OCH3 is 1. The van der Waals surface area contributed by atoms with Crippen LogP contribution in [0.3, 0.4) is 0 Å². The molecule has 11 nitrogen and oxygen atoms in total. The number of Topliss-reactive ketones (excluding diaryl/α,β-unsaturated/α-hetero) is 1. The number of esters is 1. The molecule has 11 heteroatoms. The molecule has 51 heavy (non-hydrogen) atoms. The summed E-state index contributed by atoms with van der Waals surface area (Å²) in [6.07, 6.45) is -1.03. The van der Waals surface area contributed by atoms with Gasteiger partial charge in [-0.25, -0.2) is 0 Å². The molecule has 0 radical (unpaired) electrons. The number of piperazine rings is 1. The highest BCUT2D eigenvalue weighted by atomic mass is 16.7. The van der Waals surface area contributed by atoms with Gasteiger partial charge < -0.3 is 33.9 Å². The molecule has 10 atom stereocenters. The van der Waals surface area contributed by atoms with Gasteiger partial charge in [-0.15, -0.1) is 0 Å². The van der Waals surface area contributed by atoms with Crippen molar-refractivity contribution >= 4 is 11.8 Å². The van der Waals surface area contributed by atoms with E-state index in [1.165, 1.54) is 5.56 Å². The van der Waals surface area contributed by atoms with Gasteiger partial charge in [0.05, 0.1) is 23.9 Å². The fraction of sp³-hybridized carbons (Fsp3) is 0.800. The number of ether oxygens (including phenoxy) is 4. The Bertz CT molecular complexity index is 1260. The number of carbonyl (C=O) groups is 2. The monoisotopic (exact) mass is 717 g/mol. The first-order valence-electron chi connectivity index (χ1n) is 19.1. The molecule has 3 aliphatic heterocycles. The van der Waals surface area contributed by atoms with E-state index in [-0.39, 0.29) is 29.9 Å². The van der Waals surface area contributed by atoms with Gasteiger partial charge in [-0.2, -0.15) is 0 Å². The zero-order valence-electron chi connectivity index (χ0n) is 33.3. The summed E-state index contributed by atoms with van der Waals surface area (Å²) < 4.78 is 25.4. The molecule has 0 amide bonds. The van der Waals surface area contributed by atoms with Gasteiger partial charge >= 0.3 is 5.97 Å². The summed E-state index contributed by atoms with van der Waals surface area (Å²) in [5.74, 6) is -1.47. The Labute approximate surface area is 307 Å². The van der Waals surface area contributed by atoms with E-state index in [2.05, 4.69) is 59.0 Å². The van der Waals surface area contributed by atoms with E-state index in [0.29, 0.717) is 12.8 Å². The summed E-state index contributed by atoms with van der Waals surface area (Å²) in [5.41, 5.74) is -1.01. The molecule has 0 bridgehead atoms. The minimum Gasteiger partial charge on any atom is -0.460 e. The van der Waals surface area contributed by atoms with Gasteiger partial charge in [0.25, 0.3) is 0 Å². The SMILES string of the molecule is CO[C@]1(C)C[C@@H](C)CN(C)[C@@H](CN2CCN(CCc3ccccc3)CC2)[C@H](C)OC(=O)C(C)(C)C(=O)[C@H](C)[C@H]1O[C@@H]1O[C@H](C)C[C@H](N(C)C)[C@H]1O. The fourth-order valence-corrected chi connectivity index (χ4v) is 8.53. The van der Waals surface area contributed by atoms with Crippen molar-refractivity contribution in [2.24, 2.45) is 17.3 Å². The molecule has 3 saturated heterocycles. The lowest BCUT2D eigenvalue weighted by atomic mass is 9.74. The number of likely N-dealkylation sites (N-methyl/N-ethyl adjacent to an activating group) is 2. The standard InChI is InChI=1S/C40H68N4O7/c1-27-24-40(7,48-11)36(51-37-34(45)32(41(8)9)23-28(2)49-37)29(3)35(46)39(5,6)38(47)50-30(4)33(42(10)25-27)26-44-21-19-43(20-22-44)18-17-31-15-13-12-14-16-31/h12-16,27-30,32-34,36-37,45H,17-26H2,1-11H3/t27-,28-,29+,30+,32+,33+,34-,36-,37+,40-/m1/s1. The molecule has 1 aromatic rings. The van der Waals surface area contributed by atoms with E-state index in [4.69, 9.17) is 18.9 Å². The number of hydrogen-bond donors (Lipinski definition) is 1. The van der Waals surface area contributed by atoms with Crippen LogP contribution in [0.2, 0.25) is 0 Å². The van der Waals surface area contributed by atoms with Crippen LogP contribution in [0.5, 0.6) is 0 Å². The molecule has 0 aliphatic carbocycles. The minimum atomic E-state index is -1.44. The summed E-state index contributed by atoms with van der Waals surface area (Å²) >= 11 is 0. The summed E-state index contributed by atoms with van der Waals surface area (Å²) in [4.78, 5) is 37.7. The zero-order valence-corrected chi connectivity index (χ0v) is 33.3. The van der Waals surface area contributed by atoms with Crippen LogP contribution in [-0.2, 0) is 35.0 Å². The maximum atomic E-state index is 14.4. The van der Waals surface area contributed by atoms with Crippen molar-refractivity contribution in [3.8, 4) is 0 Å². The molecular formula is C40H68N4O7. The van der Waals surface area contributed by atoms with Gasteiger partial charge in [-0.1, -0.05) is 44.2 Å². The number of ketones is 1. The second-order valence-corrected chi connectivity index (χ2v) is 16.7. The van der Waals surface area contributed by atoms with Crippen LogP contribution in [0.4, 0.5) is 0 Å². The molecule has 0 spiro atoms. The van der Waals surface area contributed by atoms with Crippen LogP contribution in [0.1, 0.15) is 66.9 Å². The van der Waals surface area contributed by atoms with Crippen molar-refractivity contribution in [3.05, 3.63) is 35.9 Å². The quantitative estimate of drug-likeness (QED) is 0.300. The van der Waals surface area contributed by atoms with Crippen molar-refractivity contribution in [2.75, 3.05) is 74.1 Å². The van der Waals surface area contributed by atoms with Gasteiger partial charge in [0, 0.05) is 64.9 Å². The highest BCUT2D eigenvalue weighted by Gasteiger charge is 2.52. The van der Waals surface area contributed by atoms with Crippen molar-refractivity contribution in [1.82, 2.24) is 19.6 Å². The van der Waals surface area contributed by atoms with E-state index >= 15 is 0 Å². The molecule has 1 N–H and O–H groups in total. The molecule has 0 saturated carbocycles. The Morgan fingerprint density at radius 1 is 0.980 bits per heavy atom. The third kappa shape index (κ3) is 10.4. The predicted molar refractivity (Wildman–Crippen MR) is 199 cm³/mol. The number of rotatable bonds is 9.